The Bertz CT molecular complexity index is 2030. The van der Waals surface area contributed by atoms with Crippen molar-refractivity contribution in [3.63, 3.8) is 0 Å². The van der Waals surface area contributed by atoms with E-state index in [0.717, 1.165) is 0 Å². The molecule has 1 aliphatic heterocycles. The SMILES string of the molecule is COc1cc(Nc2cc(C(=O)NC[C@](C)(O)c3cc4c(c(-c5ccc(F)cc5)n3)OC[C@]4(C)C(N)=O)cc3cccnc23)nc(OC)n1. The minimum Gasteiger partial charge on any atom is -0.489 e. The molecule has 0 saturated carbocycles. The van der Waals surface area contributed by atoms with Crippen LogP contribution in [0.15, 0.2) is 66.9 Å². The van der Waals surface area contributed by atoms with Gasteiger partial charge in [0.15, 0.2) is 0 Å². The van der Waals surface area contributed by atoms with Crippen LogP contribution in [-0.2, 0) is 15.8 Å². The van der Waals surface area contributed by atoms with Crippen molar-refractivity contribution in [3.8, 4) is 28.9 Å². The van der Waals surface area contributed by atoms with Crippen LogP contribution < -0.4 is 30.6 Å². The number of ether oxygens (including phenoxy) is 3. The van der Waals surface area contributed by atoms with Gasteiger partial charge >= 0.3 is 6.01 Å². The van der Waals surface area contributed by atoms with E-state index in [1.807, 2.05) is 6.07 Å². The van der Waals surface area contributed by atoms with E-state index in [-0.39, 0.29) is 36.3 Å². The summed E-state index contributed by atoms with van der Waals surface area (Å²) in [6.07, 6.45) is 1.63. The Balaban J connectivity index is 1.32. The van der Waals surface area contributed by atoms with Gasteiger partial charge in [-0.05, 0) is 62.4 Å². The average molecular weight is 654 g/mol. The molecule has 2 atom stereocenters. The molecular formula is C34H32FN7O6. The number of nitrogens with two attached hydrogens (primary N) is 1. The van der Waals surface area contributed by atoms with E-state index in [9.17, 15) is 19.1 Å². The monoisotopic (exact) mass is 653 g/mol. The number of primary amides is 1. The molecule has 6 rings (SSSR count). The zero-order chi connectivity index (χ0) is 34.2. The standard InChI is InChI=1S/C34H32FN7O6/c1-33(31(36)44)17-48-29-22(33)14-24(40-28(29)18-7-9-21(35)10-8-18)34(2,45)16-38-30(43)20-12-19-6-5-11-37-27(19)23(13-20)39-25-15-26(46-3)42-32(41-25)47-4/h5-15,45H,16-17H2,1-4H3,(H2,36,44)(H,38,43)(H,39,41,42)/t33-,34-/m0/s1. The fourth-order valence-electron chi connectivity index (χ4n) is 5.33. The summed E-state index contributed by atoms with van der Waals surface area (Å²) >= 11 is 0. The number of benzene rings is 2. The van der Waals surface area contributed by atoms with Crippen LogP contribution in [0.4, 0.5) is 15.9 Å². The van der Waals surface area contributed by atoms with Gasteiger partial charge in [0.1, 0.15) is 40.7 Å². The van der Waals surface area contributed by atoms with Crippen molar-refractivity contribution in [1.82, 2.24) is 25.3 Å². The number of fused-ring (bicyclic) bond motifs is 2. The molecule has 1 aliphatic rings. The Morgan fingerprint density at radius 3 is 2.56 bits per heavy atom. The first-order valence-electron chi connectivity index (χ1n) is 14.8. The highest BCUT2D eigenvalue weighted by atomic mass is 19.1. The first kappa shape index (κ1) is 32.1. The van der Waals surface area contributed by atoms with Crippen LogP contribution in [0.3, 0.4) is 0 Å². The minimum absolute atomic E-state index is 0.0301. The second-order valence-corrected chi connectivity index (χ2v) is 11.7. The number of aromatic nitrogens is 4. The molecular weight excluding hydrogens is 621 g/mol. The molecule has 5 aromatic rings. The molecule has 4 heterocycles. The van der Waals surface area contributed by atoms with Crippen LogP contribution in [0.5, 0.6) is 17.6 Å². The van der Waals surface area contributed by atoms with E-state index in [1.165, 1.54) is 45.4 Å². The van der Waals surface area contributed by atoms with Crippen molar-refractivity contribution in [3.05, 3.63) is 89.5 Å². The van der Waals surface area contributed by atoms with Crippen molar-refractivity contribution >= 4 is 34.2 Å². The molecule has 13 nitrogen and oxygen atoms in total. The quantitative estimate of drug-likeness (QED) is 0.172. The Morgan fingerprint density at radius 1 is 1.08 bits per heavy atom. The number of hydrogen-bond donors (Lipinski definition) is 4. The molecule has 48 heavy (non-hydrogen) atoms. The number of methoxy groups -OCH3 is 2. The molecule has 0 saturated heterocycles. The van der Waals surface area contributed by atoms with Crippen molar-refractivity contribution < 1.29 is 33.3 Å². The lowest BCUT2D eigenvalue weighted by atomic mass is 9.82. The summed E-state index contributed by atoms with van der Waals surface area (Å²) in [4.78, 5) is 43.7. The zero-order valence-electron chi connectivity index (χ0n) is 26.5. The maximum Gasteiger partial charge on any atom is 0.321 e. The zero-order valence-corrected chi connectivity index (χ0v) is 26.5. The highest BCUT2D eigenvalue weighted by Crippen LogP contribution is 2.45. The van der Waals surface area contributed by atoms with E-state index in [2.05, 4.69) is 30.6 Å². The number of rotatable bonds is 10. The second-order valence-electron chi connectivity index (χ2n) is 11.7. The van der Waals surface area contributed by atoms with E-state index in [1.54, 1.807) is 43.5 Å². The lowest BCUT2D eigenvalue weighted by Gasteiger charge is -2.26. The van der Waals surface area contributed by atoms with Crippen LogP contribution in [0.1, 0.15) is 35.5 Å². The third-order valence-electron chi connectivity index (χ3n) is 8.18. The van der Waals surface area contributed by atoms with Gasteiger partial charge in [0.2, 0.25) is 11.8 Å². The van der Waals surface area contributed by atoms with E-state index in [4.69, 9.17) is 19.9 Å². The average Bonchev–Trinajstić information content (AvgIpc) is 3.44. The summed E-state index contributed by atoms with van der Waals surface area (Å²) in [6, 6.07) is 15.6. The molecule has 3 aromatic heterocycles. The third kappa shape index (κ3) is 6.00. The highest BCUT2D eigenvalue weighted by Gasteiger charge is 2.45. The summed E-state index contributed by atoms with van der Waals surface area (Å²) in [5, 5.41) is 18.3. The predicted molar refractivity (Wildman–Crippen MR) is 174 cm³/mol. The summed E-state index contributed by atoms with van der Waals surface area (Å²) in [5.74, 6) is -0.628. The third-order valence-corrected chi connectivity index (χ3v) is 8.18. The van der Waals surface area contributed by atoms with Crippen molar-refractivity contribution in [2.75, 3.05) is 32.7 Å². The molecule has 0 bridgehead atoms. The first-order chi connectivity index (χ1) is 22.9. The Kier molecular flexibility index (Phi) is 8.27. The number of hydrogen-bond acceptors (Lipinski definition) is 11. The second kappa shape index (κ2) is 12.4. The van der Waals surface area contributed by atoms with Gasteiger partial charge < -0.3 is 35.7 Å². The number of nitrogens with one attached hydrogen (secondary N) is 2. The van der Waals surface area contributed by atoms with E-state index >= 15 is 0 Å². The van der Waals surface area contributed by atoms with Gasteiger partial charge in [-0.3, -0.25) is 14.6 Å². The van der Waals surface area contributed by atoms with Crippen LogP contribution in [0.25, 0.3) is 22.2 Å². The Labute approximate surface area is 274 Å². The number of amides is 2. The van der Waals surface area contributed by atoms with E-state index in [0.29, 0.717) is 45.0 Å². The topological polar surface area (TPSA) is 184 Å². The molecule has 2 aromatic carbocycles. The Morgan fingerprint density at radius 2 is 1.85 bits per heavy atom. The minimum atomic E-state index is -1.73. The summed E-state index contributed by atoms with van der Waals surface area (Å²) in [7, 11) is 2.90. The number of aliphatic hydroxyl groups is 1. The fourth-order valence-corrected chi connectivity index (χ4v) is 5.33. The van der Waals surface area contributed by atoms with Crippen molar-refractivity contribution in [2.24, 2.45) is 5.73 Å². The van der Waals surface area contributed by atoms with Gasteiger partial charge in [0, 0.05) is 34.3 Å². The summed E-state index contributed by atoms with van der Waals surface area (Å²) in [5.41, 5.74) is 5.54. The largest absolute Gasteiger partial charge is 0.489 e. The molecule has 0 spiro atoms. The lowest BCUT2D eigenvalue weighted by Crippen LogP contribution is -2.41. The van der Waals surface area contributed by atoms with E-state index < -0.39 is 28.6 Å². The van der Waals surface area contributed by atoms with Crippen LogP contribution >= 0.6 is 0 Å². The maximum atomic E-state index is 13.8. The number of anilines is 2. The number of carbonyl (C=O) groups is 2. The predicted octanol–water partition coefficient (Wildman–Crippen LogP) is 3.76. The van der Waals surface area contributed by atoms with Crippen LogP contribution in [0, 0.1) is 5.82 Å². The number of pyridine rings is 2. The molecule has 246 valence electrons. The van der Waals surface area contributed by atoms with Gasteiger partial charge in [-0.2, -0.15) is 9.97 Å². The Hall–Kier alpha value is -5.89. The summed E-state index contributed by atoms with van der Waals surface area (Å²) in [6.45, 7) is 2.84. The van der Waals surface area contributed by atoms with Crippen LogP contribution in [-0.4, -0.2) is 64.2 Å². The normalized spacial score (nSPS) is 16.4. The maximum absolute atomic E-state index is 13.8. The van der Waals surface area contributed by atoms with Gasteiger partial charge in [-0.1, -0.05) is 6.07 Å². The number of carbonyl (C=O) groups excluding carboxylic acids is 2. The first-order valence-corrected chi connectivity index (χ1v) is 14.8. The molecule has 0 aliphatic carbocycles. The summed E-state index contributed by atoms with van der Waals surface area (Å²) < 4.78 is 30.1. The molecule has 14 heteroatoms. The van der Waals surface area contributed by atoms with Gasteiger partial charge in [0.05, 0.1) is 37.7 Å². The molecule has 2 amide bonds. The molecule has 0 radical (unpaired) electrons. The smallest absolute Gasteiger partial charge is 0.321 e. The fraction of sp³-hybridized carbons (Fsp3) is 0.235. The van der Waals surface area contributed by atoms with Gasteiger partial charge in [-0.15, -0.1) is 0 Å². The van der Waals surface area contributed by atoms with Gasteiger partial charge in [0.25, 0.3) is 5.91 Å². The molecule has 0 unspecified atom stereocenters. The molecule has 0 fully saturated rings. The van der Waals surface area contributed by atoms with Crippen molar-refractivity contribution in [1.29, 1.82) is 0 Å². The molecule has 5 N–H and O–H groups in total. The number of nitrogens with zero attached hydrogens (tertiary/aromatic N) is 4. The highest BCUT2D eigenvalue weighted by molar-refractivity contribution is 6.02. The van der Waals surface area contributed by atoms with Crippen molar-refractivity contribution in [2.45, 2.75) is 24.9 Å². The van der Waals surface area contributed by atoms with Crippen LogP contribution in [0.2, 0.25) is 0 Å². The number of halogens is 1. The lowest BCUT2D eigenvalue weighted by molar-refractivity contribution is -0.123. The van der Waals surface area contributed by atoms with Gasteiger partial charge in [-0.25, -0.2) is 9.37 Å².